The Labute approximate surface area is 293 Å². The molecule has 14 nitrogen and oxygen atoms in total. The second-order valence-electron chi connectivity index (χ2n) is 7.23. The minimum Gasteiger partial charge on any atom is -0.550 e. The number of aliphatic carboxylic acids is 2. The van der Waals surface area contributed by atoms with Crippen LogP contribution in [0.5, 0.6) is 0 Å². The van der Waals surface area contributed by atoms with Crippen LogP contribution in [-0.2, 0) is 25.6 Å². The molecule has 2 amide bonds. The van der Waals surface area contributed by atoms with Gasteiger partial charge in [0.15, 0.2) is 0 Å². The van der Waals surface area contributed by atoms with Crippen molar-refractivity contribution < 1.29 is 128 Å². The zero-order valence-corrected chi connectivity index (χ0v) is 28.7. The molecule has 20 heteroatoms. The molecule has 2 aromatic heterocycles. The topological polar surface area (TPSA) is 224 Å². The number of aromatic amines is 1. The minimum atomic E-state index is -1.68. The van der Waals surface area contributed by atoms with E-state index in [-0.39, 0.29) is 122 Å². The molecule has 0 bridgehead atoms. The third-order valence-corrected chi connectivity index (χ3v) is 8.46. The molecule has 4 rings (SSSR count). The first kappa shape index (κ1) is 35.6. The van der Waals surface area contributed by atoms with Crippen molar-refractivity contribution in [2.45, 2.75) is 34.7 Å². The zero-order valence-electron chi connectivity index (χ0n) is 20.3. The van der Waals surface area contributed by atoms with Gasteiger partial charge in [0.2, 0.25) is 11.1 Å². The van der Waals surface area contributed by atoms with Crippen LogP contribution >= 0.6 is 34.9 Å². The number of thioether (sulfide) groups is 2. The number of rotatable bonds is 10. The third kappa shape index (κ3) is 7.85. The van der Waals surface area contributed by atoms with Crippen LogP contribution in [0.4, 0.5) is 0 Å². The SMILES string of the molecule is O=C([O-])CC(Sc1nn[nH]n1)C1=C(C(=O)[O-])N2C(=O)C(NC(=O)Cc3ccsc3C(=O)[O-])[C@@H]2SC1.[Na+].[Na+].[Na+]. The molecular weight excluding hydrogens is 593 g/mol. The molecule has 2 unspecified atom stereocenters. The Morgan fingerprint density at radius 2 is 1.89 bits per heavy atom. The van der Waals surface area contributed by atoms with E-state index in [9.17, 15) is 39.3 Å². The van der Waals surface area contributed by atoms with Gasteiger partial charge in [0, 0.05) is 23.4 Å². The summed E-state index contributed by atoms with van der Waals surface area (Å²) in [6.45, 7) is 0. The van der Waals surface area contributed by atoms with E-state index in [1.807, 2.05) is 0 Å². The van der Waals surface area contributed by atoms with Gasteiger partial charge in [0.1, 0.15) is 11.4 Å². The van der Waals surface area contributed by atoms with Gasteiger partial charge < -0.3 is 35.0 Å². The number of thiophene rings is 1. The summed E-state index contributed by atoms with van der Waals surface area (Å²) < 4.78 is 0. The summed E-state index contributed by atoms with van der Waals surface area (Å²) in [5.41, 5.74) is -0.141. The molecule has 0 aromatic carbocycles. The third-order valence-electron chi connectivity index (χ3n) is 5.11. The number of carbonyl (C=O) groups is 5. The fraction of sp³-hybridized carbons (Fsp3) is 0.333. The van der Waals surface area contributed by atoms with Crippen LogP contribution in [0, 0.1) is 0 Å². The summed E-state index contributed by atoms with van der Waals surface area (Å²) in [6.07, 6.45) is -0.891. The average molecular weight is 607 g/mol. The number of nitrogens with one attached hydrogen (secondary N) is 2. The molecule has 0 radical (unpaired) electrons. The van der Waals surface area contributed by atoms with Gasteiger partial charge >= 0.3 is 88.7 Å². The maximum Gasteiger partial charge on any atom is 1.00 e. The predicted octanol–water partition coefficient (Wildman–Crippen LogP) is -13.1. The van der Waals surface area contributed by atoms with Crippen molar-refractivity contribution in [2.24, 2.45) is 0 Å². The van der Waals surface area contributed by atoms with Gasteiger partial charge in [0.05, 0.1) is 28.9 Å². The first-order valence-electron chi connectivity index (χ1n) is 9.73. The summed E-state index contributed by atoms with van der Waals surface area (Å²) in [5.74, 6) is -5.89. The first-order valence-corrected chi connectivity index (χ1v) is 12.5. The van der Waals surface area contributed by atoms with Gasteiger partial charge in [-0.3, -0.25) is 14.5 Å². The Morgan fingerprint density at radius 3 is 2.47 bits per heavy atom. The maximum atomic E-state index is 12.8. The number of nitrogens with zero attached hydrogens (tertiary/aromatic N) is 4. The molecule has 2 aromatic rings. The number of carboxylic acid groups (broad SMARTS) is 3. The van der Waals surface area contributed by atoms with Crippen molar-refractivity contribution in [3.8, 4) is 0 Å². The second kappa shape index (κ2) is 15.5. The Hall–Kier alpha value is -0.440. The number of hydrogen-bond acceptors (Lipinski definition) is 14. The van der Waals surface area contributed by atoms with E-state index in [1.54, 1.807) is 0 Å². The van der Waals surface area contributed by atoms with E-state index in [0.717, 1.165) is 39.8 Å². The average Bonchev–Trinajstić information content (AvgIpc) is 3.47. The van der Waals surface area contributed by atoms with Crippen LogP contribution in [0.2, 0.25) is 0 Å². The molecule has 184 valence electrons. The molecule has 2 aliphatic heterocycles. The first-order chi connectivity index (χ1) is 16.7. The number of amides is 2. The molecule has 1 fully saturated rings. The number of tetrazole rings is 1. The Bertz CT molecular complexity index is 1240. The maximum absolute atomic E-state index is 12.8. The number of hydrogen-bond donors (Lipinski definition) is 2. The van der Waals surface area contributed by atoms with Crippen LogP contribution in [0.1, 0.15) is 21.7 Å². The van der Waals surface area contributed by atoms with Crippen molar-refractivity contribution in [3.05, 3.63) is 33.2 Å². The van der Waals surface area contributed by atoms with E-state index >= 15 is 0 Å². The molecule has 38 heavy (non-hydrogen) atoms. The van der Waals surface area contributed by atoms with Gasteiger partial charge in [-0.25, -0.2) is 0 Å². The van der Waals surface area contributed by atoms with Gasteiger partial charge in [0.25, 0.3) is 5.91 Å². The smallest absolute Gasteiger partial charge is 0.550 e. The molecular formula is C18H13N6Na3O8S3. The van der Waals surface area contributed by atoms with Crippen LogP contribution < -0.4 is 109 Å². The number of carbonyl (C=O) groups excluding carboxylic acids is 5. The fourth-order valence-electron chi connectivity index (χ4n) is 3.65. The molecule has 1 saturated heterocycles. The van der Waals surface area contributed by atoms with Crippen molar-refractivity contribution >= 4 is 64.6 Å². The van der Waals surface area contributed by atoms with E-state index in [2.05, 4.69) is 25.9 Å². The van der Waals surface area contributed by atoms with Gasteiger partial charge in [-0.05, 0) is 27.8 Å². The van der Waals surface area contributed by atoms with Crippen molar-refractivity contribution in [2.75, 3.05) is 5.75 Å². The molecule has 3 atom stereocenters. The van der Waals surface area contributed by atoms with E-state index in [0.29, 0.717) is 0 Å². The molecule has 0 saturated carbocycles. The van der Waals surface area contributed by atoms with Crippen molar-refractivity contribution in [3.63, 3.8) is 0 Å². The number of aromatic nitrogens is 4. The minimum absolute atomic E-state index is 0. The Morgan fingerprint density at radius 1 is 1.18 bits per heavy atom. The quantitative estimate of drug-likeness (QED) is 0.146. The van der Waals surface area contributed by atoms with Crippen LogP contribution in [0.25, 0.3) is 0 Å². The van der Waals surface area contributed by atoms with Crippen molar-refractivity contribution in [1.29, 1.82) is 0 Å². The summed E-state index contributed by atoms with van der Waals surface area (Å²) in [5, 5.41) is 49.8. The number of carboxylic acids is 3. The number of aromatic carboxylic acids is 1. The monoisotopic (exact) mass is 606 g/mol. The van der Waals surface area contributed by atoms with Gasteiger partial charge in [-0.2, -0.15) is 5.21 Å². The second-order valence-corrected chi connectivity index (χ2v) is 10.4. The summed E-state index contributed by atoms with van der Waals surface area (Å²) in [4.78, 5) is 60.6. The predicted molar refractivity (Wildman–Crippen MR) is 113 cm³/mol. The van der Waals surface area contributed by atoms with Gasteiger partial charge in [-0.15, -0.1) is 33.3 Å². The number of β-lactam (4-membered cyclic amide) rings is 1. The Kier molecular flexibility index (Phi) is 14.5. The fourth-order valence-corrected chi connectivity index (χ4v) is 6.92. The Balaban J connectivity index is 0.00000241. The van der Waals surface area contributed by atoms with Gasteiger partial charge in [-0.1, -0.05) is 11.8 Å². The van der Waals surface area contributed by atoms with Crippen LogP contribution in [-0.4, -0.2) is 77.7 Å². The molecule has 2 aliphatic rings. The summed E-state index contributed by atoms with van der Waals surface area (Å²) >= 11 is 2.87. The largest absolute Gasteiger partial charge is 1.00 e. The normalized spacial score (nSPS) is 18.5. The molecule has 2 N–H and O–H groups in total. The molecule has 0 aliphatic carbocycles. The zero-order chi connectivity index (χ0) is 25.3. The van der Waals surface area contributed by atoms with Crippen LogP contribution in [0.3, 0.4) is 0 Å². The molecule has 0 spiro atoms. The van der Waals surface area contributed by atoms with Crippen LogP contribution in [0.15, 0.2) is 27.9 Å². The summed E-state index contributed by atoms with van der Waals surface area (Å²) in [7, 11) is 0. The molecule has 4 heterocycles. The number of fused-ring (bicyclic) bond motifs is 1. The van der Waals surface area contributed by atoms with E-state index in [4.69, 9.17) is 0 Å². The standard InChI is InChI=1S/C18H16N6O8S3.3Na/c25-9(3-6-1-2-33-13(6)17(31)32)19-11-14(28)24-12(16(29)30)7(5-34-15(11)24)8(4-10(26)27)35-18-20-22-23-21-18;;;/h1-2,8,11,15H,3-5H2,(H,19,25)(H,26,27)(H,29,30)(H,31,32)(H,20,21,22,23);;;/q;3*+1/p-3/t8?,11?,15-;;;/m0.../s1. The summed E-state index contributed by atoms with van der Waals surface area (Å²) in [6, 6.07) is 0.403. The van der Waals surface area contributed by atoms with Crippen molar-refractivity contribution in [1.82, 2.24) is 30.8 Å². The van der Waals surface area contributed by atoms with E-state index in [1.165, 1.54) is 11.4 Å². The van der Waals surface area contributed by atoms with E-state index < -0.39 is 58.5 Å². The number of H-pyrrole nitrogens is 1.